The van der Waals surface area contributed by atoms with Crippen LogP contribution in [0.25, 0.3) is 0 Å². The van der Waals surface area contributed by atoms with Crippen molar-refractivity contribution in [2.24, 2.45) is 11.0 Å². The Labute approximate surface area is 153 Å². The molecule has 0 radical (unpaired) electrons. The zero-order valence-electron chi connectivity index (χ0n) is 14.0. The maximum atomic E-state index is 13.6. The Morgan fingerprint density at radius 3 is 2.85 bits per heavy atom. The smallest absolute Gasteiger partial charge is 0.439 e. The molecule has 0 aromatic heterocycles. The van der Waals surface area contributed by atoms with Gasteiger partial charge in [0.2, 0.25) is 0 Å². The van der Waals surface area contributed by atoms with Gasteiger partial charge in [-0.15, -0.1) is 0 Å². The highest BCUT2D eigenvalue weighted by Crippen LogP contribution is 2.48. The molecule has 0 saturated heterocycles. The van der Waals surface area contributed by atoms with E-state index in [0.717, 1.165) is 0 Å². The van der Waals surface area contributed by atoms with Gasteiger partial charge in [0.15, 0.2) is 6.61 Å². The number of halogens is 4. The van der Waals surface area contributed by atoms with E-state index in [0.29, 0.717) is 35.6 Å². The van der Waals surface area contributed by atoms with Gasteiger partial charge in [0.05, 0.1) is 5.92 Å². The fraction of sp³-hybridized carbons (Fsp3) is 0.529. The van der Waals surface area contributed by atoms with Crippen LogP contribution in [-0.2, 0) is 4.79 Å². The highest BCUT2D eigenvalue weighted by molar-refractivity contribution is 6.31. The number of fused-ring (bicyclic) bond motifs is 1. The minimum Gasteiger partial charge on any atom is -0.484 e. The first-order valence-electron chi connectivity index (χ1n) is 8.23. The largest absolute Gasteiger partial charge is 0.484 e. The van der Waals surface area contributed by atoms with Crippen molar-refractivity contribution in [1.29, 1.82) is 0 Å². The van der Waals surface area contributed by atoms with Crippen molar-refractivity contribution in [3.63, 3.8) is 0 Å². The number of ether oxygens (including phenoxy) is 1. The number of hydrogen-bond acceptors (Lipinski definition) is 4. The number of rotatable bonds is 3. The lowest BCUT2D eigenvalue weighted by Crippen LogP contribution is -2.62. The van der Waals surface area contributed by atoms with Crippen molar-refractivity contribution in [2.75, 3.05) is 6.61 Å². The molecule has 2 atom stereocenters. The number of aryl methyl sites for hydroxylation is 1. The number of amides is 1. The number of aliphatic hydroxyl groups is 1. The minimum atomic E-state index is -5.02. The van der Waals surface area contributed by atoms with E-state index in [4.69, 9.17) is 16.3 Å². The van der Waals surface area contributed by atoms with Gasteiger partial charge in [-0.05, 0) is 49.9 Å². The second-order valence-electron chi connectivity index (χ2n) is 6.52. The highest BCUT2D eigenvalue weighted by atomic mass is 35.5. The molecule has 9 heteroatoms. The van der Waals surface area contributed by atoms with Crippen LogP contribution in [0.3, 0.4) is 0 Å². The Balaban J connectivity index is 1.80. The third-order valence-electron chi connectivity index (χ3n) is 4.76. The third kappa shape index (κ3) is 3.16. The maximum Gasteiger partial charge on any atom is 0.439 e. The number of nitrogens with zero attached hydrogens (tertiary/aromatic N) is 2. The molecule has 1 N–H and O–H groups in total. The summed E-state index contributed by atoms with van der Waals surface area (Å²) in [5.41, 5.74) is -2.40. The van der Waals surface area contributed by atoms with Crippen molar-refractivity contribution in [2.45, 2.75) is 44.5 Å². The highest BCUT2D eigenvalue weighted by Gasteiger charge is 2.68. The van der Waals surface area contributed by atoms with E-state index in [-0.39, 0.29) is 17.1 Å². The first-order valence-corrected chi connectivity index (χ1v) is 8.61. The molecule has 1 fully saturated rings. The number of benzene rings is 1. The van der Waals surface area contributed by atoms with E-state index >= 15 is 0 Å². The van der Waals surface area contributed by atoms with Crippen LogP contribution in [0.5, 0.6) is 5.75 Å². The number of alkyl halides is 3. The fourth-order valence-corrected chi connectivity index (χ4v) is 3.50. The van der Waals surface area contributed by atoms with Gasteiger partial charge in [0.1, 0.15) is 5.75 Å². The van der Waals surface area contributed by atoms with Crippen LogP contribution in [-0.4, -0.2) is 40.2 Å². The van der Waals surface area contributed by atoms with Crippen LogP contribution in [0.15, 0.2) is 23.3 Å². The van der Waals surface area contributed by atoms with Crippen molar-refractivity contribution in [1.82, 2.24) is 5.01 Å². The first kappa shape index (κ1) is 19.0. The molecule has 1 aliphatic carbocycles. The second kappa shape index (κ2) is 6.74. The van der Waals surface area contributed by atoms with Gasteiger partial charge in [-0.3, -0.25) is 4.79 Å². The number of hydrogen-bond donors (Lipinski definition) is 1. The molecule has 26 heavy (non-hydrogen) atoms. The Morgan fingerprint density at radius 2 is 2.19 bits per heavy atom. The molecule has 1 saturated carbocycles. The van der Waals surface area contributed by atoms with Gasteiger partial charge in [0, 0.05) is 10.7 Å². The molecule has 0 unspecified atom stereocenters. The topological polar surface area (TPSA) is 62.1 Å². The molecule has 0 spiro atoms. The molecule has 1 amide bonds. The standard InChI is InChI=1S/C17H18ClF3N2O3/c1-10-8-11(6-7-13(10)18)26-9-15(24)23-16(25,17(19,20)21)12-4-2-3-5-14(12)22-23/h6-8,12,25H,2-5,9H2,1H3/t12-,16+/m0/s1. The van der Waals surface area contributed by atoms with Crippen LogP contribution in [0.2, 0.25) is 5.02 Å². The van der Waals surface area contributed by atoms with Gasteiger partial charge < -0.3 is 9.84 Å². The lowest BCUT2D eigenvalue weighted by Gasteiger charge is -2.38. The molecule has 2 aliphatic rings. The van der Waals surface area contributed by atoms with Gasteiger partial charge in [-0.25, -0.2) is 0 Å². The lowest BCUT2D eigenvalue weighted by atomic mass is 9.80. The molecule has 142 valence electrons. The molecular weight excluding hydrogens is 373 g/mol. The third-order valence-corrected chi connectivity index (χ3v) is 5.18. The summed E-state index contributed by atoms with van der Waals surface area (Å²) in [4.78, 5) is 12.4. The van der Waals surface area contributed by atoms with Crippen molar-refractivity contribution >= 4 is 23.2 Å². The summed E-state index contributed by atoms with van der Waals surface area (Å²) >= 11 is 5.90. The molecule has 1 aromatic rings. The van der Waals surface area contributed by atoms with Gasteiger partial charge >= 0.3 is 6.18 Å². The van der Waals surface area contributed by atoms with Gasteiger partial charge in [-0.1, -0.05) is 18.0 Å². The van der Waals surface area contributed by atoms with Gasteiger partial charge in [0.25, 0.3) is 11.6 Å². The summed E-state index contributed by atoms with van der Waals surface area (Å²) in [6, 6.07) is 4.64. The fourth-order valence-electron chi connectivity index (χ4n) is 3.38. The molecule has 5 nitrogen and oxygen atoms in total. The molecular formula is C17H18ClF3N2O3. The first-order chi connectivity index (χ1) is 12.1. The summed E-state index contributed by atoms with van der Waals surface area (Å²) in [6.45, 7) is 1.06. The summed E-state index contributed by atoms with van der Waals surface area (Å²) in [6.07, 6.45) is -3.32. The van der Waals surface area contributed by atoms with E-state index in [1.54, 1.807) is 19.1 Å². The zero-order valence-corrected chi connectivity index (χ0v) is 14.8. The predicted molar refractivity (Wildman–Crippen MR) is 88.9 cm³/mol. The predicted octanol–water partition coefficient (Wildman–Crippen LogP) is 3.67. The Morgan fingerprint density at radius 1 is 1.46 bits per heavy atom. The van der Waals surface area contributed by atoms with Crippen molar-refractivity contribution in [3.05, 3.63) is 28.8 Å². The number of carbonyl (C=O) groups excluding carboxylic acids is 1. The van der Waals surface area contributed by atoms with Crippen molar-refractivity contribution in [3.8, 4) is 5.75 Å². The monoisotopic (exact) mass is 390 g/mol. The van der Waals surface area contributed by atoms with Crippen LogP contribution < -0.4 is 4.74 Å². The summed E-state index contributed by atoms with van der Waals surface area (Å²) < 4.78 is 46.1. The molecule has 0 bridgehead atoms. The zero-order chi connectivity index (χ0) is 19.1. The quantitative estimate of drug-likeness (QED) is 0.856. The molecule has 1 heterocycles. The van der Waals surface area contributed by atoms with Crippen LogP contribution in [0.1, 0.15) is 31.2 Å². The molecule has 1 aliphatic heterocycles. The van der Waals surface area contributed by atoms with E-state index < -0.39 is 30.3 Å². The van der Waals surface area contributed by atoms with Crippen LogP contribution in [0, 0.1) is 12.8 Å². The number of hydrazone groups is 1. The summed E-state index contributed by atoms with van der Waals surface area (Å²) in [7, 11) is 0. The lowest BCUT2D eigenvalue weighted by molar-refractivity contribution is -0.317. The van der Waals surface area contributed by atoms with E-state index in [9.17, 15) is 23.1 Å². The minimum absolute atomic E-state index is 0.135. The maximum absolute atomic E-state index is 13.6. The SMILES string of the molecule is Cc1cc(OCC(=O)N2N=C3CCCC[C@@H]3[C@@]2(O)C(F)(F)F)ccc1Cl. The second-order valence-corrected chi connectivity index (χ2v) is 6.93. The molecule has 3 rings (SSSR count). The summed E-state index contributed by atoms with van der Waals surface area (Å²) in [5, 5.41) is 14.9. The van der Waals surface area contributed by atoms with Crippen molar-refractivity contribution < 1.29 is 27.8 Å². The van der Waals surface area contributed by atoms with Crippen LogP contribution in [0.4, 0.5) is 13.2 Å². The number of carbonyl (C=O) groups is 1. The normalized spacial score (nSPS) is 25.7. The Kier molecular flexibility index (Phi) is 4.92. The van der Waals surface area contributed by atoms with Gasteiger partial charge in [-0.2, -0.15) is 23.3 Å². The average molecular weight is 391 g/mol. The average Bonchev–Trinajstić information content (AvgIpc) is 2.90. The summed E-state index contributed by atoms with van der Waals surface area (Å²) in [5.74, 6) is -1.99. The Hall–Kier alpha value is -1.80. The van der Waals surface area contributed by atoms with Crippen LogP contribution >= 0.6 is 11.6 Å². The van der Waals surface area contributed by atoms with E-state index in [2.05, 4.69) is 5.10 Å². The molecule has 1 aromatic carbocycles. The Bertz CT molecular complexity index is 753. The van der Waals surface area contributed by atoms with E-state index in [1.165, 1.54) is 6.07 Å². The van der Waals surface area contributed by atoms with E-state index in [1.807, 2.05) is 0 Å².